The minimum Gasteiger partial charge on any atom is -0.308 e. The second-order valence-corrected chi connectivity index (χ2v) is 6.12. The molecule has 0 saturated heterocycles. The Morgan fingerprint density at radius 2 is 2.04 bits per heavy atom. The van der Waals surface area contributed by atoms with Crippen LogP contribution in [0.2, 0.25) is 0 Å². The van der Waals surface area contributed by atoms with Crippen LogP contribution in [0.15, 0.2) is 43.0 Å². The van der Waals surface area contributed by atoms with Crippen molar-refractivity contribution in [3.63, 3.8) is 0 Å². The maximum absolute atomic E-state index is 4.64. The molecule has 0 bridgehead atoms. The predicted molar refractivity (Wildman–Crippen MR) is 96.1 cm³/mol. The third-order valence-electron chi connectivity index (χ3n) is 4.31. The van der Waals surface area contributed by atoms with Gasteiger partial charge in [0.1, 0.15) is 0 Å². The SMILES string of the molecule is CCCn1nc(C)c(CNCc2cccc(-n3ccnc3)c2)c1C. The Morgan fingerprint density at radius 1 is 1.17 bits per heavy atom. The van der Waals surface area contributed by atoms with Gasteiger partial charge in [-0.25, -0.2) is 4.98 Å². The van der Waals surface area contributed by atoms with Crippen molar-refractivity contribution in [2.24, 2.45) is 0 Å². The molecule has 0 saturated carbocycles. The Labute approximate surface area is 143 Å². The molecular weight excluding hydrogens is 298 g/mol. The standard InChI is InChI=1S/C19H25N5/c1-4-9-24-16(3)19(15(2)22-24)13-21-12-17-6-5-7-18(11-17)23-10-8-20-14-23/h5-8,10-11,14,21H,4,9,12-13H2,1-3H3. The maximum atomic E-state index is 4.64. The highest BCUT2D eigenvalue weighted by Crippen LogP contribution is 2.14. The molecule has 0 atom stereocenters. The lowest BCUT2D eigenvalue weighted by atomic mass is 10.1. The highest BCUT2D eigenvalue weighted by molar-refractivity contribution is 5.35. The van der Waals surface area contributed by atoms with Crippen molar-refractivity contribution >= 4 is 0 Å². The predicted octanol–water partition coefficient (Wildman–Crippen LogP) is 3.39. The molecule has 5 nitrogen and oxygen atoms in total. The zero-order chi connectivity index (χ0) is 16.9. The van der Waals surface area contributed by atoms with E-state index < -0.39 is 0 Å². The molecule has 0 unspecified atom stereocenters. The molecule has 0 aliphatic carbocycles. The lowest BCUT2D eigenvalue weighted by Gasteiger charge is -2.08. The number of rotatable bonds is 7. The van der Waals surface area contributed by atoms with Crippen LogP contribution in [0.3, 0.4) is 0 Å². The summed E-state index contributed by atoms with van der Waals surface area (Å²) in [5, 5.41) is 8.19. The van der Waals surface area contributed by atoms with E-state index in [1.807, 2.05) is 17.1 Å². The van der Waals surface area contributed by atoms with Crippen LogP contribution < -0.4 is 5.32 Å². The fourth-order valence-electron chi connectivity index (χ4n) is 2.99. The quantitative estimate of drug-likeness (QED) is 0.725. The topological polar surface area (TPSA) is 47.7 Å². The van der Waals surface area contributed by atoms with E-state index in [-0.39, 0.29) is 0 Å². The second-order valence-electron chi connectivity index (χ2n) is 6.12. The molecule has 5 heteroatoms. The molecule has 3 aromatic rings. The van der Waals surface area contributed by atoms with Gasteiger partial charge in [-0.1, -0.05) is 19.1 Å². The van der Waals surface area contributed by atoms with Gasteiger partial charge < -0.3 is 9.88 Å². The summed E-state index contributed by atoms with van der Waals surface area (Å²) in [6.45, 7) is 9.10. The fourth-order valence-corrected chi connectivity index (χ4v) is 2.99. The normalized spacial score (nSPS) is 11.1. The Balaban J connectivity index is 1.64. The summed E-state index contributed by atoms with van der Waals surface area (Å²) in [7, 11) is 0. The van der Waals surface area contributed by atoms with Crippen LogP contribution in [0.5, 0.6) is 0 Å². The van der Waals surface area contributed by atoms with Crippen LogP contribution in [0.4, 0.5) is 0 Å². The number of nitrogens with one attached hydrogen (secondary N) is 1. The van der Waals surface area contributed by atoms with Gasteiger partial charge in [0.2, 0.25) is 0 Å². The van der Waals surface area contributed by atoms with Crippen LogP contribution in [0.1, 0.15) is 35.9 Å². The van der Waals surface area contributed by atoms with Gasteiger partial charge in [-0.05, 0) is 38.0 Å². The summed E-state index contributed by atoms with van der Waals surface area (Å²) in [5.74, 6) is 0. The van der Waals surface area contributed by atoms with Crippen LogP contribution in [-0.4, -0.2) is 19.3 Å². The third-order valence-corrected chi connectivity index (χ3v) is 4.31. The number of benzene rings is 1. The Kier molecular flexibility index (Phi) is 5.11. The first-order valence-corrected chi connectivity index (χ1v) is 8.50. The summed E-state index contributed by atoms with van der Waals surface area (Å²) >= 11 is 0. The summed E-state index contributed by atoms with van der Waals surface area (Å²) < 4.78 is 4.14. The molecule has 0 amide bonds. The summed E-state index contributed by atoms with van der Waals surface area (Å²) in [5.41, 5.74) is 6.11. The molecule has 2 aromatic heterocycles. The van der Waals surface area contributed by atoms with E-state index in [9.17, 15) is 0 Å². The van der Waals surface area contributed by atoms with E-state index in [0.717, 1.165) is 37.4 Å². The molecule has 0 aliphatic heterocycles. The molecule has 1 aromatic carbocycles. The number of aryl methyl sites for hydroxylation is 2. The fraction of sp³-hybridized carbons (Fsp3) is 0.368. The smallest absolute Gasteiger partial charge is 0.0991 e. The highest BCUT2D eigenvalue weighted by Gasteiger charge is 2.10. The van der Waals surface area contributed by atoms with Crippen LogP contribution in [0.25, 0.3) is 5.69 Å². The van der Waals surface area contributed by atoms with Gasteiger partial charge in [0.05, 0.1) is 12.0 Å². The Hall–Kier alpha value is -2.40. The molecule has 24 heavy (non-hydrogen) atoms. The Morgan fingerprint density at radius 3 is 2.79 bits per heavy atom. The molecular formula is C19H25N5. The zero-order valence-corrected chi connectivity index (χ0v) is 14.7. The van der Waals surface area contributed by atoms with E-state index in [1.54, 1.807) is 6.20 Å². The van der Waals surface area contributed by atoms with Gasteiger partial charge >= 0.3 is 0 Å². The molecule has 126 valence electrons. The Bertz CT molecular complexity index is 786. The summed E-state index contributed by atoms with van der Waals surface area (Å²) in [6.07, 6.45) is 6.68. The molecule has 1 N–H and O–H groups in total. The van der Waals surface area contributed by atoms with Crippen molar-refractivity contribution in [3.05, 3.63) is 65.5 Å². The minimum atomic E-state index is 0.834. The van der Waals surface area contributed by atoms with Crippen molar-refractivity contribution in [1.29, 1.82) is 0 Å². The lowest BCUT2D eigenvalue weighted by molar-refractivity contribution is 0.581. The van der Waals surface area contributed by atoms with Gasteiger partial charge in [-0.3, -0.25) is 4.68 Å². The molecule has 0 fully saturated rings. The number of nitrogens with zero attached hydrogens (tertiary/aromatic N) is 4. The van der Waals surface area contributed by atoms with Crippen molar-refractivity contribution in [2.75, 3.05) is 0 Å². The average Bonchev–Trinajstić information content (AvgIpc) is 3.20. The first-order valence-electron chi connectivity index (χ1n) is 8.50. The van der Waals surface area contributed by atoms with Gasteiger partial charge in [0.15, 0.2) is 0 Å². The lowest BCUT2D eigenvalue weighted by Crippen LogP contribution is -2.14. The molecule has 0 spiro atoms. The highest BCUT2D eigenvalue weighted by atomic mass is 15.3. The number of hydrogen-bond acceptors (Lipinski definition) is 3. The van der Waals surface area contributed by atoms with E-state index >= 15 is 0 Å². The second kappa shape index (κ2) is 7.45. The number of hydrogen-bond donors (Lipinski definition) is 1. The number of aromatic nitrogens is 4. The first kappa shape index (κ1) is 16.5. The molecule has 0 radical (unpaired) electrons. The minimum absolute atomic E-state index is 0.834. The van der Waals surface area contributed by atoms with E-state index in [4.69, 9.17) is 0 Å². The van der Waals surface area contributed by atoms with Gasteiger partial charge in [0.25, 0.3) is 0 Å². The first-order chi connectivity index (χ1) is 11.7. The van der Waals surface area contributed by atoms with Crippen LogP contribution >= 0.6 is 0 Å². The van der Waals surface area contributed by atoms with Crippen molar-refractivity contribution in [2.45, 2.75) is 46.8 Å². The summed E-state index contributed by atoms with van der Waals surface area (Å²) in [4.78, 5) is 4.10. The van der Waals surface area contributed by atoms with Crippen LogP contribution in [0, 0.1) is 13.8 Å². The van der Waals surface area contributed by atoms with E-state index in [1.165, 1.54) is 16.8 Å². The van der Waals surface area contributed by atoms with Gasteiger partial charge in [-0.15, -0.1) is 0 Å². The zero-order valence-electron chi connectivity index (χ0n) is 14.7. The van der Waals surface area contributed by atoms with Crippen molar-refractivity contribution in [1.82, 2.24) is 24.6 Å². The molecule has 0 aliphatic rings. The van der Waals surface area contributed by atoms with Crippen molar-refractivity contribution < 1.29 is 0 Å². The van der Waals surface area contributed by atoms with Gasteiger partial charge in [0, 0.05) is 49.0 Å². The van der Waals surface area contributed by atoms with Gasteiger partial charge in [-0.2, -0.15) is 5.10 Å². The molecule has 2 heterocycles. The average molecular weight is 323 g/mol. The maximum Gasteiger partial charge on any atom is 0.0991 e. The van der Waals surface area contributed by atoms with E-state index in [0.29, 0.717) is 0 Å². The van der Waals surface area contributed by atoms with Crippen LogP contribution in [-0.2, 0) is 19.6 Å². The number of imidazole rings is 1. The monoisotopic (exact) mass is 323 g/mol. The largest absolute Gasteiger partial charge is 0.308 e. The van der Waals surface area contributed by atoms with Crippen molar-refractivity contribution in [3.8, 4) is 5.69 Å². The third kappa shape index (κ3) is 3.57. The summed E-state index contributed by atoms with van der Waals surface area (Å²) in [6, 6.07) is 8.51. The molecule has 3 rings (SSSR count). The van der Waals surface area contributed by atoms with E-state index in [2.05, 4.69) is 65.1 Å².